The van der Waals surface area contributed by atoms with E-state index in [0.717, 1.165) is 12.1 Å². The monoisotopic (exact) mass is 427 g/mol. The van der Waals surface area contributed by atoms with Crippen LogP contribution in [-0.4, -0.2) is 30.4 Å². The van der Waals surface area contributed by atoms with Gasteiger partial charge in [0.1, 0.15) is 5.76 Å². The third-order valence-corrected chi connectivity index (χ3v) is 4.36. The van der Waals surface area contributed by atoms with E-state index < -0.39 is 34.8 Å². The summed E-state index contributed by atoms with van der Waals surface area (Å²) in [6.45, 7) is -0.353. The van der Waals surface area contributed by atoms with Crippen molar-refractivity contribution < 1.29 is 28.1 Å². The Kier molecular flexibility index (Phi) is 6.61. The van der Waals surface area contributed by atoms with Gasteiger partial charge in [0.15, 0.2) is 18.2 Å². The largest absolute Gasteiger partial charge is 0.481 e. The summed E-state index contributed by atoms with van der Waals surface area (Å²) in [6.07, 6.45) is 1.50. The third-order valence-electron chi connectivity index (χ3n) is 4.36. The average molecular weight is 427 g/mol. The van der Waals surface area contributed by atoms with Crippen molar-refractivity contribution in [1.29, 1.82) is 0 Å². The second-order valence-corrected chi connectivity index (χ2v) is 6.39. The summed E-state index contributed by atoms with van der Waals surface area (Å²) in [5, 5.41) is 13.4. The molecule has 0 saturated carbocycles. The molecule has 0 aliphatic carbocycles. The van der Waals surface area contributed by atoms with Gasteiger partial charge in [-0.1, -0.05) is 12.1 Å². The molecule has 3 rings (SSSR count). The van der Waals surface area contributed by atoms with Gasteiger partial charge in [-0.3, -0.25) is 19.7 Å². The summed E-state index contributed by atoms with van der Waals surface area (Å²) < 4.78 is 24.3. The molecule has 0 saturated heterocycles. The number of carbonyl (C=O) groups excluding carboxylic acids is 2. The van der Waals surface area contributed by atoms with Gasteiger partial charge in [0.25, 0.3) is 17.5 Å². The van der Waals surface area contributed by atoms with Gasteiger partial charge in [0.05, 0.1) is 35.0 Å². The molecular formula is C21H18FN3O6. The molecule has 1 aromatic heterocycles. The Labute approximate surface area is 176 Å². The number of nitro groups is 1. The van der Waals surface area contributed by atoms with Crippen LogP contribution in [0.2, 0.25) is 0 Å². The number of ether oxygens (including phenoxy) is 1. The molecule has 160 valence electrons. The Morgan fingerprint density at radius 3 is 2.65 bits per heavy atom. The van der Waals surface area contributed by atoms with Gasteiger partial charge in [0.2, 0.25) is 0 Å². The number of halogens is 1. The standard InChI is InChI=1S/C21H18FN3O6/c1-24(20(26)13-31-19-9-8-14(25(28)29)11-17(19)22)18-7-3-2-6-16(18)21(27)23-12-15-5-4-10-30-15/h2-11H,12-13H2,1H3,(H,23,27). The van der Waals surface area contributed by atoms with Crippen LogP contribution in [0.15, 0.2) is 65.3 Å². The number of rotatable bonds is 8. The highest BCUT2D eigenvalue weighted by molar-refractivity contribution is 6.04. The van der Waals surface area contributed by atoms with E-state index in [4.69, 9.17) is 9.15 Å². The molecular weight excluding hydrogens is 409 g/mol. The van der Waals surface area contributed by atoms with Gasteiger partial charge in [-0.15, -0.1) is 0 Å². The number of hydrogen-bond donors (Lipinski definition) is 1. The zero-order valence-electron chi connectivity index (χ0n) is 16.4. The Morgan fingerprint density at radius 2 is 1.97 bits per heavy atom. The van der Waals surface area contributed by atoms with Gasteiger partial charge < -0.3 is 19.4 Å². The SMILES string of the molecule is CN(C(=O)COc1ccc([N+](=O)[O-])cc1F)c1ccccc1C(=O)NCc1ccco1. The number of benzene rings is 2. The quantitative estimate of drug-likeness (QED) is 0.436. The molecule has 0 radical (unpaired) electrons. The molecule has 0 aliphatic rings. The van der Waals surface area contributed by atoms with Crippen molar-refractivity contribution in [1.82, 2.24) is 5.32 Å². The first-order chi connectivity index (χ1) is 14.9. The lowest BCUT2D eigenvalue weighted by Crippen LogP contribution is -2.33. The summed E-state index contributed by atoms with van der Waals surface area (Å²) in [5.74, 6) is -1.63. The number of non-ortho nitro benzene ring substituents is 1. The summed E-state index contributed by atoms with van der Waals surface area (Å²) in [5.41, 5.74) is 0.159. The van der Waals surface area contributed by atoms with Crippen molar-refractivity contribution in [3.8, 4) is 5.75 Å². The number of amides is 2. The average Bonchev–Trinajstić information content (AvgIpc) is 3.29. The molecule has 1 heterocycles. The highest BCUT2D eigenvalue weighted by Gasteiger charge is 2.20. The van der Waals surface area contributed by atoms with Crippen LogP contribution in [0.25, 0.3) is 0 Å². The smallest absolute Gasteiger partial charge is 0.272 e. The molecule has 10 heteroatoms. The Morgan fingerprint density at radius 1 is 1.19 bits per heavy atom. The fourth-order valence-electron chi connectivity index (χ4n) is 2.72. The van der Waals surface area contributed by atoms with Gasteiger partial charge in [-0.2, -0.15) is 0 Å². The molecule has 1 N–H and O–H groups in total. The van der Waals surface area contributed by atoms with Gasteiger partial charge in [-0.25, -0.2) is 4.39 Å². The Hall–Kier alpha value is -4.21. The van der Waals surface area contributed by atoms with E-state index in [-0.39, 0.29) is 17.9 Å². The van der Waals surface area contributed by atoms with Crippen LogP contribution in [-0.2, 0) is 11.3 Å². The van der Waals surface area contributed by atoms with E-state index in [1.807, 2.05) is 0 Å². The molecule has 0 spiro atoms. The number of nitro benzene ring substituents is 1. The third kappa shape index (κ3) is 5.24. The second kappa shape index (κ2) is 9.53. The first-order valence-electron chi connectivity index (χ1n) is 9.09. The van der Waals surface area contributed by atoms with E-state index in [2.05, 4.69) is 5.32 Å². The fraction of sp³-hybridized carbons (Fsp3) is 0.143. The minimum atomic E-state index is -0.956. The number of likely N-dealkylation sites (N-methyl/N-ethyl adjacent to an activating group) is 1. The van der Waals surface area contributed by atoms with Gasteiger partial charge in [-0.05, 0) is 30.3 Å². The summed E-state index contributed by atoms with van der Waals surface area (Å²) in [7, 11) is 1.45. The molecule has 0 bridgehead atoms. The maximum Gasteiger partial charge on any atom is 0.272 e. The fourth-order valence-corrected chi connectivity index (χ4v) is 2.72. The van der Waals surface area contributed by atoms with Gasteiger partial charge >= 0.3 is 0 Å². The van der Waals surface area contributed by atoms with E-state index in [9.17, 15) is 24.1 Å². The molecule has 31 heavy (non-hydrogen) atoms. The van der Waals surface area contributed by atoms with Crippen LogP contribution in [0.5, 0.6) is 5.75 Å². The Bertz CT molecular complexity index is 1100. The second-order valence-electron chi connectivity index (χ2n) is 6.39. The molecule has 0 atom stereocenters. The number of para-hydroxylation sites is 1. The zero-order valence-corrected chi connectivity index (χ0v) is 16.4. The molecule has 3 aromatic rings. The van der Waals surface area contributed by atoms with Crippen molar-refractivity contribution in [2.24, 2.45) is 0 Å². The van der Waals surface area contributed by atoms with Gasteiger partial charge in [0, 0.05) is 13.1 Å². The van der Waals surface area contributed by atoms with Crippen LogP contribution in [0, 0.1) is 15.9 Å². The number of anilines is 1. The number of furan rings is 1. The minimum absolute atomic E-state index is 0.181. The number of nitrogens with zero attached hydrogens (tertiary/aromatic N) is 2. The van der Waals surface area contributed by atoms with Crippen molar-refractivity contribution >= 4 is 23.2 Å². The molecule has 0 aliphatic heterocycles. The van der Waals surface area contributed by atoms with Crippen LogP contribution >= 0.6 is 0 Å². The predicted molar refractivity (Wildman–Crippen MR) is 108 cm³/mol. The topological polar surface area (TPSA) is 115 Å². The first-order valence-corrected chi connectivity index (χ1v) is 9.09. The van der Waals surface area contributed by atoms with E-state index in [1.165, 1.54) is 18.2 Å². The molecule has 9 nitrogen and oxygen atoms in total. The number of hydrogen-bond acceptors (Lipinski definition) is 6. The highest BCUT2D eigenvalue weighted by atomic mass is 19.1. The van der Waals surface area contributed by atoms with E-state index in [1.54, 1.807) is 36.4 Å². The van der Waals surface area contributed by atoms with Crippen molar-refractivity contribution in [2.75, 3.05) is 18.6 Å². The molecule has 2 amide bonds. The van der Waals surface area contributed by atoms with E-state index >= 15 is 0 Å². The number of carbonyl (C=O) groups is 2. The molecule has 2 aromatic carbocycles. The lowest BCUT2D eigenvalue weighted by molar-refractivity contribution is -0.385. The predicted octanol–water partition coefficient (Wildman–Crippen LogP) is 3.30. The summed E-state index contributed by atoms with van der Waals surface area (Å²) >= 11 is 0. The normalized spacial score (nSPS) is 10.4. The van der Waals surface area contributed by atoms with Crippen LogP contribution in [0.4, 0.5) is 15.8 Å². The first kappa shape index (κ1) is 21.5. The Balaban J connectivity index is 1.66. The zero-order chi connectivity index (χ0) is 22.4. The minimum Gasteiger partial charge on any atom is -0.481 e. The molecule has 0 unspecified atom stereocenters. The van der Waals surface area contributed by atoms with E-state index in [0.29, 0.717) is 17.5 Å². The van der Waals surface area contributed by atoms with Crippen LogP contribution in [0.1, 0.15) is 16.1 Å². The van der Waals surface area contributed by atoms with Crippen molar-refractivity contribution in [3.63, 3.8) is 0 Å². The van der Waals surface area contributed by atoms with Crippen molar-refractivity contribution in [3.05, 3.63) is 88.1 Å². The summed E-state index contributed by atoms with van der Waals surface area (Å²) in [4.78, 5) is 36.3. The molecule has 0 fully saturated rings. The van der Waals surface area contributed by atoms with Crippen LogP contribution < -0.4 is 15.0 Å². The van der Waals surface area contributed by atoms with Crippen molar-refractivity contribution in [2.45, 2.75) is 6.54 Å². The lowest BCUT2D eigenvalue weighted by Gasteiger charge is -2.20. The highest BCUT2D eigenvalue weighted by Crippen LogP contribution is 2.23. The maximum atomic E-state index is 13.9. The summed E-state index contributed by atoms with van der Waals surface area (Å²) in [6, 6.07) is 12.8. The number of nitrogens with one attached hydrogen (secondary N) is 1. The lowest BCUT2D eigenvalue weighted by atomic mass is 10.1. The van der Waals surface area contributed by atoms with Crippen LogP contribution in [0.3, 0.4) is 0 Å². The maximum absolute atomic E-state index is 13.9.